The van der Waals surface area contributed by atoms with E-state index >= 15 is 0 Å². The van der Waals surface area contributed by atoms with Gasteiger partial charge >= 0.3 is 0 Å². The second-order valence-corrected chi connectivity index (χ2v) is 3.74. The Morgan fingerprint density at radius 3 is 2.88 bits per heavy atom. The minimum Gasteiger partial charge on any atom is -0.496 e. The van der Waals surface area contributed by atoms with Crippen LogP contribution in [0.15, 0.2) is 30.3 Å². The quantitative estimate of drug-likeness (QED) is 0.820. The summed E-state index contributed by atoms with van der Waals surface area (Å²) < 4.78 is 5.59. The third-order valence-electron chi connectivity index (χ3n) is 2.46. The largest absolute Gasteiger partial charge is 0.496 e. The fourth-order valence-corrected chi connectivity index (χ4v) is 1.71. The fraction of sp³-hybridized carbons (Fsp3) is 0.500. The number of hydrogen-bond donors (Lipinski definition) is 1. The van der Waals surface area contributed by atoms with E-state index in [1.165, 1.54) is 0 Å². The first-order valence-electron chi connectivity index (χ1n) is 5.75. The second-order valence-electron chi connectivity index (χ2n) is 3.74. The van der Waals surface area contributed by atoms with Crippen LogP contribution in [0.3, 0.4) is 0 Å². The summed E-state index contributed by atoms with van der Waals surface area (Å²) in [5.74, 6) is 1.74. The van der Waals surface area contributed by atoms with Gasteiger partial charge in [0.1, 0.15) is 11.8 Å². The monoisotopic (exact) mass is 219 g/mol. The number of aromatic nitrogens is 2. The van der Waals surface area contributed by atoms with Crippen molar-refractivity contribution < 1.29 is 4.74 Å². The van der Waals surface area contributed by atoms with Crippen LogP contribution in [-0.2, 0) is 4.74 Å². The van der Waals surface area contributed by atoms with Gasteiger partial charge in [0, 0.05) is 18.8 Å². The summed E-state index contributed by atoms with van der Waals surface area (Å²) in [6.45, 7) is 3.84. The first-order valence-corrected chi connectivity index (χ1v) is 5.75. The zero-order valence-electron chi connectivity index (χ0n) is 9.52. The molecule has 0 radical (unpaired) electrons. The van der Waals surface area contributed by atoms with Gasteiger partial charge in [-0.2, -0.15) is 0 Å². The van der Waals surface area contributed by atoms with Gasteiger partial charge in [0.15, 0.2) is 5.82 Å². The van der Waals surface area contributed by atoms with Crippen molar-refractivity contribution >= 4 is 0 Å². The third-order valence-corrected chi connectivity index (χ3v) is 2.46. The molecule has 1 atom stereocenters. The Bertz CT molecular complexity index is 351. The predicted molar refractivity (Wildman–Crippen MR) is 61.7 cm³/mol. The van der Waals surface area contributed by atoms with Crippen LogP contribution in [0.2, 0.25) is 0 Å². The summed E-state index contributed by atoms with van der Waals surface area (Å²) in [7, 11) is 0. The maximum Gasteiger partial charge on any atom is 0.152 e. The van der Waals surface area contributed by atoms with Crippen molar-refractivity contribution in [2.24, 2.45) is 0 Å². The molecular formula is C12H17N3O. The number of nitrogens with one attached hydrogen (secondary N) is 1. The van der Waals surface area contributed by atoms with Crippen LogP contribution in [0.1, 0.15) is 31.6 Å². The maximum absolute atomic E-state index is 5.59. The maximum atomic E-state index is 5.59. The zero-order chi connectivity index (χ0) is 11.2. The van der Waals surface area contributed by atoms with Gasteiger partial charge in [-0.1, -0.05) is 6.92 Å². The van der Waals surface area contributed by atoms with Crippen LogP contribution in [0, 0.1) is 0 Å². The Labute approximate surface area is 95.8 Å². The van der Waals surface area contributed by atoms with Crippen LogP contribution < -0.4 is 5.32 Å². The molecule has 0 fully saturated rings. The molecular weight excluding hydrogens is 202 g/mol. The van der Waals surface area contributed by atoms with Gasteiger partial charge in [-0.25, -0.2) is 9.97 Å². The van der Waals surface area contributed by atoms with E-state index in [1.54, 1.807) is 12.4 Å². The molecule has 1 N–H and O–H groups in total. The minimum absolute atomic E-state index is 0.00338. The lowest BCUT2D eigenvalue weighted by atomic mass is 10.2. The van der Waals surface area contributed by atoms with Crippen LogP contribution in [0.4, 0.5) is 0 Å². The van der Waals surface area contributed by atoms with E-state index in [1.807, 2.05) is 6.07 Å². The molecule has 1 aliphatic rings. The molecule has 4 nitrogen and oxygen atoms in total. The number of rotatable bonds is 5. The van der Waals surface area contributed by atoms with E-state index < -0.39 is 0 Å². The van der Waals surface area contributed by atoms with Gasteiger partial charge in [0.25, 0.3) is 0 Å². The summed E-state index contributed by atoms with van der Waals surface area (Å²) >= 11 is 0. The molecule has 0 saturated heterocycles. The Morgan fingerprint density at radius 1 is 1.44 bits per heavy atom. The molecule has 0 aliphatic carbocycles. The van der Waals surface area contributed by atoms with Gasteiger partial charge in [0.2, 0.25) is 0 Å². The molecule has 1 unspecified atom stereocenters. The predicted octanol–water partition coefficient (Wildman–Crippen LogP) is 1.82. The van der Waals surface area contributed by atoms with Gasteiger partial charge in [0.05, 0.1) is 6.61 Å². The average Bonchev–Trinajstić information content (AvgIpc) is 2.85. The summed E-state index contributed by atoms with van der Waals surface area (Å²) in [4.78, 5) is 8.56. The van der Waals surface area contributed by atoms with Crippen molar-refractivity contribution in [1.82, 2.24) is 15.3 Å². The van der Waals surface area contributed by atoms with Crippen LogP contribution in [-0.4, -0.2) is 23.1 Å². The topological polar surface area (TPSA) is 47.0 Å². The SMILES string of the molecule is CCCNC(C1=CCCO1)c1ncccn1. The van der Waals surface area contributed by atoms with E-state index in [9.17, 15) is 0 Å². The van der Waals surface area contributed by atoms with Crippen LogP contribution in [0.25, 0.3) is 0 Å². The standard InChI is InChI=1S/C12H17N3O/c1-2-6-13-11(10-5-3-9-16-10)12-14-7-4-8-15-12/h4-5,7-8,11,13H,2-3,6,9H2,1H3. The highest BCUT2D eigenvalue weighted by Gasteiger charge is 2.22. The number of nitrogens with zero attached hydrogens (tertiary/aromatic N) is 2. The fourth-order valence-electron chi connectivity index (χ4n) is 1.71. The van der Waals surface area contributed by atoms with Crippen molar-refractivity contribution in [3.63, 3.8) is 0 Å². The lowest BCUT2D eigenvalue weighted by Gasteiger charge is -2.17. The zero-order valence-corrected chi connectivity index (χ0v) is 9.52. The molecule has 1 aromatic heterocycles. The molecule has 4 heteroatoms. The third kappa shape index (κ3) is 2.58. The molecule has 2 rings (SSSR count). The van der Waals surface area contributed by atoms with E-state index in [0.29, 0.717) is 0 Å². The van der Waals surface area contributed by atoms with Gasteiger partial charge in [-0.3, -0.25) is 0 Å². The number of ether oxygens (including phenoxy) is 1. The lowest BCUT2D eigenvalue weighted by Crippen LogP contribution is -2.26. The summed E-state index contributed by atoms with van der Waals surface area (Å²) in [5, 5.41) is 3.41. The normalized spacial score (nSPS) is 16.7. The van der Waals surface area contributed by atoms with Crippen LogP contribution >= 0.6 is 0 Å². The Balaban J connectivity index is 2.14. The smallest absolute Gasteiger partial charge is 0.152 e. The lowest BCUT2D eigenvalue weighted by molar-refractivity contribution is 0.213. The summed E-state index contributed by atoms with van der Waals surface area (Å²) in [6.07, 6.45) is 7.70. The number of hydrogen-bond acceptors (Lipinski definition) is 4. The first kappa shape index (κ1) is 11.1. The van der Waals surface area contributed by atoms with Gasteiger partial charge in [-0.15, -0.1) is 0 Å². The Hall–Kier alpha value is -1.42. The van der Waals surface area contributed by atoms with Crippen molar-refractivity contribution in [2.75, 3.05) is 13.2 Å². The average molecular weight is 219 g/mol. The molecule has 0 bridgehead atoms. The molecule has 16 heavy (non-hydrogen) atoms. The Kier molecular flexibility index (Phi) is 3.88. The molecule has 2 heterocycles. The highest BCUT2D eigenvalue weighted by molar-refractivity contribution is 5.14. The van der Waals surface area contributed by atoms with Crippen molar-refractivity contribution in [3.8, 4) is 0 Å². The molecule has 0 saturated carbocycles. The molecule has 1 aliphatic heterocycles. The summed E-state index contributed by atoms with van der Waals surface area (Å²) in [5.41, 5.74) is 0. The van der Waals surface area contributed by atoms with Gasteiger partial charge < -0.3 is 10.1 Å². The van der Waals surface area contributed by atoms with E-state index in [0.717, 1.165) is 37.6 Å². The molecule has 0 amide bonds. The van der Waals surface area contributed by atoms with E-state index in [2.05, 4.69) is 28.3 Å². The van der Waals surface area contributed by atoms with Crippen molar-refractivity contribution in [3.05, 3.63) is 36.1 Å². The Morgan fingerprint density at radius 2 is 2.25 bits per heavy atom. The van der Waals surface area contributed by atoms with Crippen LogP contribution in [0.5, 0.6) is 0 Å². The highest BCUT2D eigenvalue weighted by atomic mass is 16.5. The molecule has 1 aromatic rings. The molecule has 0 spiro atoms. The second kappa shape index (κ2) is 5.61. The highest BCUT2D eigenvalue weighted by Crippen LogP contribution is 2.23. The minimum atomic E-state index is 0.00338. The first-order chi connectivity index (χ1) is 7.92. The van der Waals surface area contributed by atoms with E-state index in [-0.39, 0.29) is 6.04 Å². The molecule has 86 valence electrons. The van der Waals surface area contributed by atoms with Gasteiger partial charge in [-0.05, 0) is 25.1 Å². The van der Waals surface area contributed by atoms with Crippen molar-refractivity contribution in [2.45, 2.75) is 25.8 Å². The van der Waals surface area contributed by atoms with Crippen molar-refractivity contribution in [1.29, 1.82) is 0 Å². The molecule has 0 aromatic carbocycles. The summed E-state index contributed by atoms with van der Waals surface area (Å²) in [6, 6.07) is 1.83. The van der Waals surface area contributed by atoms with E-state index in [4.69, 9.17) is 4.74 Å².